The fourth-order valence-electron chi connectivity index (χ4n) is 2.47. The van der Waals surface area contributed by atoms with Crippen molar-refractivity contribution in [3.05, 3.63) is 46.4 Å². The Labute approximate surface area is 151 Å². The van der Waals surface area contributed by atoms with E-state index in [0.29, 0.717) is 23.3 Å². The van der Waals surface area contributed by atoms with Crippen LogP contribution in [0.3, 0.4) is 0 Å². The predicted molar refractivity (Wildman–Crippen MR) is 97.5 cm³/mol. The molecule has 0 aliphatic carbocycles. The van der Waals surface area contributed by atoms with E-state index in [1.54, 1.807) is 58.6 Å². The molecule has 4 rings (SSSR count). The van der Waals surface area contributed by atoms with Gasteiger partial charge in [0.2, 0.25) is 0 Å². The third-order valence-corrected chi connectivity index (χ3v) is 5.65. The zero-order chi connectivity index (χ0) is 17.4. The number of hydrogen-bond donors (Lipinski definition) is 0. The molecule has 4 heterocycles. The van der Waals surface area contributed by atoms with Crippen molar-refractivity contribution in [1.29, 1.82) is 0 Å². The highest BCUT2D eigenvalue weighted by molar-refractivity contribution is 7.20. The van der Waals surface area contributed by atoms with E-state index in [4.69, 9.17) is 0 Å². The van der Waals surface area contributed by atoms with Gasteiger partial charge in [-0.15, -0.1) is 27.8 Å². The molecule has 0 radical (unpaired) electrons. The van der Waals surface area contributed by atoms with Gasteiger partial charge in [-0.1, -0.05) is 11.3 Å². The Bertz CT molecular complexity index is 1040. The van der Waals surface area contributed by atoms with Crippen LogP contribution in [0.4, 0.5) is 0 Å². The van der Waals surface area contributed by atoms with E-state index in [9.17, 15) is 4.79 Å². The Morgan fingerprint density at radius 1 is 1.36 bits per heavy atom. The molecule has 1 amide bonds. The summed E-state index contributed by atoms with van der Waals surface area (Å²) in [5, 5.41) is 12.9. The van der Waals surface area contributed by atoms with E-state index < -0.39 is 0 Å². The molecule has 0 fully saturated rings. The normalized spacial score (nSPS) is 11.1. The van der Waals surface area contributed by atoms with Crippen LogP contribution in [-0.4, -0.2) is 42.8 Å². The summed E-state index contributed by atoms with van der Waals surface area (Å²) in [5.41, 5.74) is 2.62. The molecule has 0 atom stereocenters. The Morgan fingerprint density at radius 3 is 3.04 bits per heavy atom. The summed E-state index contributed by atoms with van der Waals surface area (Å²) in [6.07, 6.45) is 1.56. The van der Waals surface area contributed by atoms with Gasteiger partial charge in [-0.2, -0.15) is 0 Å². The van der Waals surface area contributed by atoms with Crippen molar-refractivity contribution in [2.45, 2.75) is 6.54 Å². The fourth-order valence-corrected chi connectivity index (χ4v) is 4.10. The molecule has 4 aromatic rings. The summed E-state index contributed by atoms with van der Waals surface area (Å²) < 4.78 is 1.58. The molecule has 0 aromatic carbocycles. The second-order valence-corrected chi connectivity index (χ2v) is 7.37. The number of nitrogens with zero attached hydrogens (tertiary/aromatic N) is 6. The Balaban J connectivity index is 1.51. The second kappa shape index (κ2) is 6.34. The van der Waals surface area contributed by atoms with Crippen molar-refractivity contribution in [3.63, 3.8) is 0 Å². The Morgan fingerprint density at radius 2 is 2.24 bits per heavy atom. The minimum atomic E-state index is -0.120. The Kier molecular flexibility index (Phi) is 4.02. The molecule has 0 saturated heterocycles. The van der Waals surface area contributed by atoms with Crippen LogP contribution in [0.2, 0.25) is 0 Å². The van der Waals surface area contributed by atoms with Gasteiger partial charge in [0.25, 0.3) is 5.91 Å². The number of carbonyl (C=O) groups is 1. The average molecular weight is 370 g/mol. The number of rotatable bonds is 4. The maximum Gasteiger partial charge on any atom is 0.255 e. The molecule has 0 bridgehead atoms. The van der Waals surface area contributed by atoms with Gasteiger partial charge in [-0.3, -0.25) is 4.79 Å². The quantitative estimate of drug-likeness (QED) is 0.552. The van der Waals surface area contributed by atoms with Gasteiger partial charge in [-0.25, -0.2) is 14.6 Å². The van der Waals surface area contributed by atoms with E-state index in [2.05, 4.69) is 20.3 Å². The molecule has 126 valence electrons. The standard InChI is InChI=1S/C16H14N6OS2/c1-21(8-11-9-25-15(18-11)13-4-3-5-24-13)16(23)10-6-12-14(17-7-10)22(2)20-19-12/h3-7,9H,8H2,1-2H3. The number of thiophene rings is 1. The van der Waals surface area contributed by atoms with Crippen LogP contribution in [0.5, 0.6) is 0 Å². The zero-order valence-corrected chi connectivity index (χ0v) is 15.2. The first-order chi connectivity index (χ1) is 12.1. The predicted octanol–water partition coefficient (Wildman–Crippen LogP) is 2.82. The second-order valence-electron chi connectivity index (χ2n) is 5.56. The lowest BCUT2D eigenvalue weighted by Gasteiger charge is -2.15. The van der Waals surface area contributed by atoms with Gasteiger partial charge in [0.05, 0.1) is 22.7 Å². The molecule has 0 N–H and O–H groups in total. The monoisotopic (exact) mass is 370 g/mol. The lowest BCUT2D eigenvalue weighted by atomic mass is 10.2. The molecule has 4 aromatic heterocycles. The van der Waals surface area contributed by atoms with Crippen molar-refractivity contribution in [2.75, 3.05) is 7.05 Å². The summed E-state index contributed by atoms with van der Waals surface area (Å²) in [7, 11) is 3.52. The first-order valence-corrected chi connectivity index (χ1v) is 9.27. The van der Waals surface area contributed by atoms with Gasteiger partial charge in [-0.05, 0) is 17.5 Å². The third kappa shape index (κ3) is 3.03. The third-order valence-electron chi connectivity index (χ3n) is 3.72. The maximum atomic E-state index is 12.6. The minimum Gasteiger partial charge on any atom is -0.336 e. The summed E-state index contributed by atoms with van der Waals surface area (Å²) >= 11 is 3.25. The minimum absolute atomic E-state index is 0.120. The number of amides is 1. The van der Waals surface area contributed by atoms with Crippen LogP contribution in [0.1, 0.15) is 16.1 Å². The molecular weight excluding hydrogens is 356 g/mol. The van der Waals surface area contributed by atoms with Crippen molar-refractivity contribution < 1.29 is 4.79 Å². The van der Waals surface area contributed by atoms with Gasteiger partial charge in [0.1, 0.15) is 10.5 Å². The van der Waals surface area contributed by atoms with E-state index in [1.165, 1.54) is 0 Å². The largest absolute Gasteiger partial charge is 0.336 e. The van der Waals surface area contributed by atoms with Gasteiger partial charge in [0, 0.05) is 25.7 Å². The summed E-state index contributed by atoms with van der Waals surface area (Å²) in [5.74, 6) is -0.120. The maximum absolute atomic E-state index is 12.6. The molecule has 25 heavy (non-hydrogen) atoms. The van der Waals surface area contributed by atoms with Crippen LogP contribution in [0.15, 0.2) is 35.2 Å². The smallest absolute Gasteiger partial charge is 0.255 e. The number of pyridine rings is 1. The lowest BCUT2D eigenvalue weighted by molar-refractivity contribution is 0.0783. The highest BCUT2D eigenvalue weighted by atomic mass is 32.1. The van der Waals surface area contributed by atoms with Crippen LogP contribution < -0.4 is 0 Å². The van der Waals surface area contributed by atoms with Gasteiger partial charge >= 0.3 is 0 Å². The number of aryl methyl sites for hydroxylation is 1. The molecule has 7 nitrogen and oxygen atoms in total. The molecular formula is C16H14N6OS2. The van der Waals surface area contributed by atoms with Crippen LogP contribution >= 0.6 is 22.7 Å². The van der Waals surface area contributed by atoms with Crippen molar-refractivity contribution in [3.8, 4) is 9.88 Å². The average Bonchev–Trinajstić information content (AvgIpc) is 3.35. The molecule has 9 heteroatoms. The first-order valence-electron chi connectivity index (χ1n) is 7.51. The van der Waals surface area contributed by atoms with Crippen LogP contribution in [-0.2, 0) is 13.6 Å². The summed E-state index contributed by atoms with van der Waals surface area (Å²) in [4.78, 5) is 24.3. The summed E-state index contributed by atoms with van der Waals surface area (Å²) in [6, 6.07) is 5.77. The molecule has 0 unspecified atom stereocenters. The lowest BCUT2D eigenvalue weighted by Crippen LogP contribution is -2.26. The van der Waals surface area contributed by atoms with Crippen LogP contribution in [0.25, 0.3) is 21.0 Å². The molecule has 0 aliphatic heterocycles. The highest BCUT2D eigenvalue weighted by Crippen LogP contribution is 2.28. The number of fused-ring (bicyclic) bond motifs is 1. The first kappa shape index (κ1) is 15.9. The van der Waals surface area contributed by atoms with E-state index >= 15 is 0 Å². The van der Waals surface area contributed by atoms with Crippen LogP contribution in [0, 0.1) is 0 Å². The summed E-state index contributed by atoms with van der Waals surface area (Å²) in [6.45, 7) is 0.444. The van der Waals surface area contributed by atoms with Gasteiger partial charge in [0.15, 0.2) is 5.65 Å². The molecule has 0 aliphatic rings. The zero-order valence-electron chi connectivity index (χ0n) is 13.6. The van der Waals surface area contributed by atoms with E-state index in [0.717, 1.165) is 15.6 Å². The van der Waals surface area contributed by atoms with Crippen molar-refractivity contribution >= 4 is 39.7 Å². The number of hydrogen-bond acceptors (Lipinski definition) is 7. The van der Waals surface area contributed by atoms with E-state index in [-0.39, 0.29) is 5.91 Å². The molecule has 0 saturated carbocycles. The van der Waals surface area contributed by atoms with E-state index in [1.807, 2.05) is 22.9 Å². The molecule has 0 spiro atoms. The van der Waals surface area contributed by atoms with Crippen molar-refractivity contribution in [2.24, 2.45) is 7.05 Å². The number of carbonyl (C=O) groups excluding carboxylic acids is 1. The number of thiazole rings is 1. The number of aromatic nitrogens is 5. The van der Waals surface area contributed by atoms with Crippen molar-refractivity contribution in [1.82, 2.24) is 29.9 Å². The topological polar surface area (TPSA) is 76.8 Å². The van der Waals surface area contributed by atoms with Gasteiger partial charge < -0.3 is 4.90 Å². The SMILES string of the molecule is CN(Cc1csc(-c2cccs2)n1)C(=O)c1cnc2c(c1)nnn2C. The fraction of sp³-hybridized carbons (Fsp3) is 0.188. The highest BCUT2D eigenvalue weighted by Gasteiger charge is 2.16. The Hall–Kier alpha value is -2.65.